The van der Waals surface area contributed by atoms with Gasteiger partial charge in [-0.25, -0.2) is 4.98 Å². The molecule has 0 aliphatic heterocycles. The standard InChI is InChI=1S/C6H9N3O2/c7-1-2-9-6(10)5-3-8-4-11-5/h3-4H,1-2,7H2,(H,9,10). The zero-order valence-corrected chi connectivity index (χ0v) is 5.91. The molecule has 0 fully saturated rings. The summed E-state index contributed by atoms with van der Waals surface area (Å²) in [7, 11) is 0. The summed E-state index contributed by atoms with van der Waals surface area (Å²) in [6.45, 7) is 0.861. The summed E-state index contributed by atoms with van der Waals surface area (Å²) in [6.07, 6.45) is 2.56. The summed E-state index contributed by atoms with van der Waals surface area (Å²) in [6, 6.07) is 0. The molecule has 1 rings (SSSR count). The average Bonchev–Trinajstić information content (AvgIpc) is 2.52. The van der Waals surface area contributed by atoms with Crippen LogP contribution in [0.2, 0.25) is 0 Å². The van der Waals surface area contributed by atoms with E-state index in [0.717, 1.165) is 0 Å². The molecular formula is C6H9N3O2. The molecule has 11 heavy (non-hydrogen) atoms. The molecule has 1 aromatic rings. The molecule has 0 bridgehead atoms. The van der Waals surface area contributed by atoms with Crippen molar-refractivity contribution in [3.05, 3.63) is 18.4 Å². The van der Waals surface area contributed by atoms with Crippen molar-refractivity contribution in [2.24, 2.45) is 5.73 Å². The predicted octanol–water partition coefficient (Wildman–Crippen LogP) is -0.637. The van der Waals surface area contributed by atoms with E-state index in [9.17, 15) is 4.79 Å². The number of nitrogens with one attached hydrogen (secondary N) is 1. The lowest BCUT2D eigenvalue weighted by Gasteiger charge is -1.97. The summed E-state index contributed by atoms with van der Waals surface area (Å²) in [5.41, 5.74) is 5.17. The first-order chi connectivity index (χ1) is 5.34. The Morgan fingerprint density at radius 1 is 1.82 bits per heavy atom. The lowest BCUT2D eigenvalue weighted by molar-refractivity contribution is 0.0927. The summed E-state index contributed by atoms with van der Waals surface area (Å²) in [5, 5.41) is 2.54. The number of oxazole rings is 1. The van der Waals surface area contributed by atoms with E-state index in [4.69, 9.17) is 10.2 Å². The maximum atomic E-state index is 11.0. The van der Waals surface area contributed by atoms with Gasteiger partial charge in [0.05, 0.1) is 6.20 Å². The fourth-order valence-corrected chi connectivity index (χ4v) is 0.601. The minimum Gasteiger partial charge on any atom is -0.438 e. The largest absolute Gasteiger partial charge is 0.438 e. The van der Waals surface area contributed by atoms with E-state index in [1.807, 2.05) is 0 Å². The second-order valence-corrected chi connectivity index (χ2v) is 1.91. The molecule has 0 aliphatic rings. The fraction of sp³-hybridized carbons (Fsp3) is 0.333. The van der Waals surface area contributed by atoms with Crippen molar-refractivity contribution in [2.45, 2.75) is 0 Å². The molecule has 0 unspecified atom stereocenters. The number of nitrogens with two attached hydrogens (primary N) is 1. The number of aromatic nitrogens is 1. The van der Waals surface area contributed by atoms with Crippen molar-refractivity contribution in [2.75, 3.05) is 13.1 Å². The Hall–Kier alpha value is -1.36. The van der Waals surface area contributed by atoms with Gasteiger partial charge in [-0.05, 0) is 0 Å². The van der Waals surface area contributed by atoms with Crippen molar-refractivity contribution in [1.29, 1.82) is 0 Å². The zero-order chi connectivity index (χ0) is 8.10. The van der Waals surface area contributed by atoms with Gasteiger partial charge in [-0.3, -0.25) is 4.79 Å². The van der Waals surface area contributed by atoms with Crippen LogP contribution < -0.4 is 11.1 Å². The van der Waals surface area contributed by atoms with E-state index in [0.29, 0.717) is 13.1 Å². The molecule has 0 aliphatic carbocycles. The second-order valence-electron chi connectivity index (χ2n) is 1.91. The van der Waals surface area contributed by atoms with Gasteiger partial charge in [0.1, 0.15) is 0 Å². The third kappa shape index (κ3) is 2.05. The predicted molar refractivity (Wildman–Crippen MR) is 37.9 cm³/mol. The highest BCUT2D eigenvalue weighted by molar-refractivity contribution is 5.90. The molecule has 0 spiro atoms. The van der Waals surface area contributed by atoms with Crippen LogP contribution in [0.4, 0.5) is 0 Å². The van der Waals surface area contributed by atoms with E-state index in [-0.39, 0.29) is 11.7 Å². The molecule has 0 aromatic carbocycles. The molecule has 0 radical (unpaired) electrons. The summed E-state index contributed by atoms with van der Waals surface area (Å²) < 4.78 is 4.73. The first kappa shape index (κ1) is 7.74. The van der Waals surface area contributed by atoms with Crippen molar-refractivity contribution in [3.63, 3.8) is 0 Å². The SMILES string of the molecule is NCCNC(=O)c1cnco1. The minimum atomic E-state index is -0.284. The van der Waals surface area contributed by atoms with Crippen LogP contribution in [-0.4, -0.2) is 24.0 Å². The van der Waals surface area contributed by atoms with Gasteiger partial charge in [0, 0.05) is 13.1 Å². The molecule has 5 heteroatoms. The minimum absolute atomic E-state index is 0.207. The first-order valence-corrected chi connectivity index (χ1v) is 3.21. The summed E-state index contributed by atoms with van der Waals surface area (Å²) >= 11 is 0. The number of hydrogen-bond donors (Lipinski definition) is 2. The van der Waals surface area contributed by atoms with Crippen LogP contribution in [-0.2, 0) is 0 Å². The Balaban J connectivity index is 2.43. The smallest absolute Gasteiger partial charge is 0.288 e. The van der Waals surface area contributed by atoms with Gasteiger partial charge in [0.2, 0.25) is 5.76 Å². The summed E-state index contributed by atoms with van der Waals surface area (Å²) in [4.78, 5) is 14.6. The molecule has 1 heterocycles. The van der Waals surface area contributed by atoms with Crippen molar-refractivity contribution < 1.29 is 9.21 Å². The van der Waals surface area contributed by atoms with E-state index < -0.39 is 0 Å². The Kier molecular flexibility index (Phi) is 2.62. The average molecular weight is 155 g/mol. The molecule has 3 N–H and O–H groups in total. The molecule has 0 saturated carbocycles. The van der Waals surface area contributed by atoms with Crippen LogP contribution in [0, 0.1) is 0 Å². The molecule has 0 saturated heterocycles. The number of nitrogens with zero attached hydrogens (tertiary/aromatic N) is 1. The van der Waals surface area contributed by atoms with Gasteiger partial charge >= 0.3 is 0 Å². The number of hydrogen-bond acceptors (Lipinski definition) is 4. The number of rotatable bonds is 3. The molecule has 0 atom stereocenters. The first-order valence-electron chi connectivity index (χ1n) is 3.21. The highest BCUT2D eigenvalue weighted by Gasteiger charge is 2.06. The van der Waals surface area contributed by atoms with Crippen LogP contribution in [0.5, 0.6) is 0 Å². The molecule has 60 valence electrons. The van der Waals surface area contributed by atoms with E-state index in [2.05, 4.69) is 10.3 Å². The topological polar surface area (TPSA) is 81.1 Å². The molecular weight excluding hydrogens is 146 g/mol. The van der Waals surface area contributed by atoms with E-state index in [1.165, 1.54) is 12.6 Å². The molecule has 1 aromatic heterocycles. The van der Waals surface area contributed by atoms with Gasteiger partial charge in [-0.1, -0.05) is 0 Å². The van der Waals surface area contributed by atoms with Crippen LogP contribution in [0.3, 0.4) is 0 Å². The van der Waals surface area contributed by atoms with E-state index >= 15 is 0 Å². The molecule has 5 nitrogen and oxygen atoms in total. The Bertz CT molecular complexity index is 220. The maximum Gasteiger partial charge on any atom is 0.288 e. The third-order valence-electron chi connectivity index (χ3n) is 1.09. The lowest BCUT2D eigenvalue weighted by atomic mass is 10.4. The third-order valence-corrected chi connectivity index (χ3v) is 1.09. The van der Waals surface area contributed by atoms with Crippen LogP contribution in [0.15, 0.2) is 17.0 Å². The number of amides is 1. The molecule has 1 amide bonds. The monoisotopic (exact) mass is 155 g/mol. The van der Waals surface area contributed by atoms with Crippen molar-refractivity contribution in [1.82, 2.24) is 10.3 Å². The van der Waals surface area contributed by atoms with Crippen LogP contribution in [0.1, 0.15) is 10.6 Å². The van der Waals surface area contributed by atoms with Gasteiger partial charge < -0.3 is 15.5 Å². The quantitative estimate of drug-likeness (QED) is 0.608. The highest BCUT2D eigenvalue weighted by Crippen LogP contribution is 1.94. The zero-order valence-electron chi connectivity index (χ0n) is 5.91. The van der Waals surface area contributed by atoms with Gasteiger partial charge in [0.15, 0.2) is 6.39 Å². The van der Waals surface area contributed by atoms with Gasteiger partial charge in [-0.15, -0.1) is 0 Å². The fourth-order valence-electron chi connectivity index (χ4n) is 0.601. The maximum absolute atomic E-state index is 11.0. The van der Waals surface area contributed by atoms with Crippen molar-refractivity contribution in [3.8, 4) is 0 Å². The second kappa shape index (κ2) is 3.72. The van der Waals surface area contributed by atoms with Gasteiger partial charge in [-0.2, -0.15) is 0 Å². The summed E-state index contributed by atoms with van der Waals surface area (Å²) in [5.74, 6) is -0.0774. The van der Waals surface area contributed by atoms with Gasteiger partial charge in [0.25, 0.3) is 5.91 Å². The Morgan fingerprint density at radius 3 is 3.18 bits per heavy atom. The Labute approximate surface area is 63.6 Å². The number of carbonyl (C=O) groups excluding carboxylic acids is 1. The Morgan fingerprint density at radius 2 is 2.64 bits per heavy atom. The van der Waals surface area contributed by atoms with Crippen molar-refractivity contribution >= 4 is 5.91 Å². The highest BCUT2D eigenvalue weighted by atomic mass is 16.3. The van der Waals surface area contributed by atoms with Crippen LogP contribution in [0.25, 0.3) is 0 Å². The van der Waals surface area contributed by atoms with Crippen LogP contribution >= 0.6 is 0 Å². The van der Waals surface area contributed by atoms with E-state index in [1.54, 1.807) is 0 Å². The normalized spacial score (nSPS) is 9.55. The number of carbonyl (C=O) groups is 1. The lowest BCUT2D eigenvalue weighted by Crippen LogP contribution is -2.28.